The zero-order chi connectivity index (χ0) is 14.5. The summed E-state index contributed by atoms with van der Waals surface area (Å²) < 4.78 is 5.49. The molecule has 0 aliphatic rings. The van der Waals surface area contributed by atoms with Crippen LogP contribution in [0.25, 0.3) is 0 Å². The van der Waals surface area contributed by atoms with E-state index in [1.807, 2.05) is 44.2 Å². The summed E-state index contributed by atoms with van der Waals surface area (Å²) in [5, 5.41) is 3.41. The highest BCUT2D eigenvalue weighted by Gasteiger charge is 2.07. The van der Waals surface area contributed by atoms with Gasteiger partial charge in [-0.25, -0.2) is 0 Å². The maximum absolute atomic E-state index is 11.9. The minimum absolute atomic E-state index is 0.0461. The highest BCUT2D eigenvalue weighted by Crippen LogP contribution is 2.22. The number of carbonyl (C=O) groups excluding carboxylic acids is 1. The van der Waals surface area contributed by atoms with E-state index in [0.717, 1.165) is 16.8 Å². The van der Waals surface area contributed by atoms with Crippen LogP contribution in [0.3, 0.4) is 0 Å². The highest BCUT2D eigenvalue weighted by molar-refractivity contribution is 6.30. The lowest BCUT2D eigenvalue weighted by molar-refractivity contribution is -0.118. The van der Waals surface area contributed by atoms with Crippen LogP contribution in [-0.4, -0.2) is 12.5 Å². The molecule has 0 heterocycles. The first kappa shape index (κ1) is 14.4. The molecule has 2 aromatic rings. The Balaban J connectivity index is 1.96. The van der Waals surface area contributed by atoms with Crippen LogP contribution in [0.4, 0.5) is 5.69 Å². The van der Waals surface area contributed by atoms with E-state index in [9.17, 15) is 4.79 Å². The number of hydrogen-bond acceptors (Lipinski definition) is 2. The minimum atomic E-state index is -0.196. The summed E-state index contributed by atoms with van der Waals surface area (Å²) in [6.45, 7) is 3.80. The number of carbonyl (C=O) groups is 1. The summed E-state index contributed by atoms with van der Waals surface area (Å²) in [5.41, 5.74) is 2.75. The van der Waals surface area contributed by atoms with Crippen molar-refractivity contribution in [2.75, 3.05) is 11.9 Å². The van der Waals surface area contributed by atoms with Gasteiger partial charge in [0, 0.05) is 10.7 Å². The Labute approximate surface area is 123 Å². The van der Waals surface area contributed by atoms with Crippen LogP contribution < -0.4 is 10.1 Å². The summed E-state index contributed by atoms with van der Waals surface area (Å²) in [7, 11) is 0. The molecule has 0 fully saturated rings. The van der Waals surface area contributed by atoms with Crippen molar-refractivity contribution in [1.29, 1.82) is 0 Å². The van der Waals surface area contributed by atoms with Crippen molar-refractivity contribution in [1.82, 2.24) is 0 Å². The molecule has 2 rings (SSSR count). The lowest BCUT2D eigenvalue weighted by Crippen LogP contribution is -2.20. The molecule has 0 radical (unpaired) electrons. The molecule has 0 bridgehead atoms. The Morgan fingerprint density at radius 2 is 1.90 bits per heavy atom. The van der Waals surface area contributed by atoms with Crippen molar-refractivity contribution in [3.8, 4) is 5.75 Å². The van der Waals surface area contributed by atoms with Gasteiger partial charge in [0.15, 0.2) is 6.61 Å². The largest absolute Gasteiger partial charge is 0.483 e. The van der Waals surface area contributed by atoms with Gasteiger partial charge in [0.1, 0.15) is 5.75 Å². The normalized spacial score (nSPS) is 10.2. The molecule has 3 nitrogen and oxygen atoms in total. The first-order chi connectivity index (χ1) is 9.56. The molecule has 1 N–H and O–H groups in total. The van der Waals surface area contributed by atoms with Crippen LogP contribution in [0.1, 0.15) is 11.1 Å². The van der Waals surface area contributed by atoms with Gasteiger partial charge in [-0.05, 0) is 43.2 Å². The average Bonchev–Trinajstić information content (AvgIpc) is 2.42. The van der Waals surface area contributed by atoms with E-state index in [0.29, 0.717) is 10.8 Å². The van der Waals surface area contributed by atoms with E-state index in [1.54, 1.807) is 12.1 Å². The number of amides is 1. The van der Waals surface area contributed by atoms with E-state index >= 15 is 0 Å². The number of anilines is 1. The van der Waals surface area contributed by atoms with Crippen molar-refractivity contribution in [2.45, 2.75) is 13.8 Å². The van der Waals surface area contributed by atoms with Crippen molar-refractivity contribution in [2.24, 2.45) is 0 Å². The molecule has 104 valence electrons. The molecular weight excluding hydrogens is 274 g/mol. The van der Waals surface area contributed by atoms with Crippen molar-refractivity contribution in [3.63, 3.8) is 0 Å². The van der Waals surface area contributed by atoms with Gasteiger partial charge < -0.3 is 10.1 Å². The van der Waals surface area contributed by atoms with Crippen LogP contribution in [0.15, 0.2) is 42.5 Å². The molecule has 0 spiro atoms. The van der Waals surface area contributed by atoms with Crippen molar-refractivity contribution in [3.05, 3.63) is 58.6 Å². The van der Waals surface area contributed by atoms with Gasteiger partial charge >= 0.3 is 0 Å². The van der Waals surface area contributed by atoms with Crippen LogP contribution in [0.5, 0.6) is 5.75 Å². The Morgan fingerprint density at radius 1 is 1.15 bits per heavy atom. The molecule has 0 atom stereocenters. The van der Waals surface area contributed by atoms with Gasteiger partial charge in [0.25, 0.3) is 5.91 Å². The monoisotopic (exact) mass is 289 g/mol. The number of benzene rings is 2. The lowest BCUT2D eigenvalue weighted by Gasteiger charge is -2.11. The molecule has 20 heavy (non-hydrogen) atoms. The zero-order valence-corrected chi connectivity index (χ0v) is 12.2. The fraction of sp³-hybridized carbons (Fsp3) is 0.188. The summed E-state index contributed by atoms with van der Waals surface area (Å²) >= 11 is 5.90. The summed E-state index contributed by atoms with van der Waals surface area (Å²) in [6.07, 6.45) is 0. The third kappa shape index (κ3) is 3.75. The summed E-state index contributed by atoms with van der Waals surface area (Å²) in [4.78, 5) is 11.9. The molecule has 2 aromatic carbocycles. The molecule has 1 amide bonds. The van der Waals surface area contributed by atoms with Gasteiger partial charge in [-0.15, -0.1) is 0 Å². The second-order valence-corrected chi connectivity index (χ2v) is 5.00. The highest BCUT2D eigenvalue weighted by atomic mass is 35.5. The predicted octanol–water partition coefficient (Wildman–Crippen LogP) is 3.97. The fourth-order valence-corrected chi connectivity index (χ4v) is 1.93. The van der Waals surface area contributed by atoms with E-state index in [4.69, 9.17) is 16.3 Å². The molecule has 0 aliphatic carbocycles. The second-order valence-electron chi connectivity index (χ2n) is 4.56. The maximum atomic E-state index is 11.9. The number of hydrogen-bond donors (Lipinski definition) is 1. The Kier molecular flexibility index (Phi) is 4.64. The number of ether oxygens (including phenoxy) is 1. The summed E-state index contributed by atoms with van der Waals surface area (Å²) in [5.74, 6) is 0.427. The molecule has 0 aliphatic heterocycles. The van der Waals surface area contributed by atoms with E-state index < -0.39 is 0 Å². The first-order valence-electron chi connectivity index (χ1n) is 6.30. The van der Waals surface area contributed by atoms with E-state index in [1.165, 1.54) is 0 Å². The third-order valence-corrected chi connectivity index (χ3v) is 3.16. The molecule has 4 heteroatoms. The maximum Gasteiger partial charge on any atom is 0.262 e. The smallest absolute Gasteiger partial charge is 0.262 e. The van der Waals surface area contributed by atoms with E-state index in [2.05, 4.69) is 5.32 Å². The number of halogens is 1. The third-order valence-electron chi connectivity index (χ3n) is 2.93. The fourth-order valence-electron chi connectivity index (χ4n) is 1.77. The average molecular weight is 290 g/mol. The Morgan fingerprint density at radius 3 is 2.65 bits per heavy atom. The van der Waals surface area contributed by atoms with Gasteiger partial charge in [-0.1, -0.05) is 35.9 Å². The quantitative estimate of drug-likeness (QED) is 0.925. The van der Waals surface area contributed by atoms with Gasteiger partial charge in [-0.3, -0.25) is 4.79 Å². The van der Waals surface area contributed by atoms with Crippen molar-refractivity contribution >= 4 is 23.2 Å². The van der Waals surface area contributed by atoms with Crippen molar-refractivity contribution < 1.29 is 9.53 Å². The molecule has 0 saturated carbocycles. The molecule has 0 unspecified atom stereocenters. The van der Waals surface area contributed by atoms with Crippen LogP contribution in [-0.2, 0) is 4.79 Å². The Bertz CT molecular complexity index is 626. The number of rotatable bonds is 4. The lowest BCUT2D eigenvalue weighted by atomic mass is 10.2. The van der Waals surface area contributed by atoms with E-state index in [-0.39, 0.29) is 12.5 Å². The second kappa shape index (κ2) is 6.44. The van der Waals surface area contributed by atoms with Crippen LogP contribution in [0, 0.1) is 13.8 Å². The number of aryl methyl sites for hydroxylation is 2. The minimum Gasteiger partial charge on any atom is -0.483 e. The molecular formula is C16H16ClNO2. The Hall–Kier alpha value is -2.00. The van der Waals surface area contributed by atoms with Crippen LogP contribution >= 0.6 is 11.6 Å². The zero-order valence-electron chi connectivity index (χ0n) is 11.4. The topological polar surface area (TPSA) is 38.3 Å². The van der Waals surface area contributed by atoms with Gasteiger partial charge in [-0.2, -0.15) is 0 Å². The number of nitrogens with one attached hydrogen (secondary N) is 1. The number of para-hydroxylation sites is 1. The first-order valence-corrected chi connectivity index (χ1v) is 6.68. The van der Waals surface area contributed by atoms with Crippen LogP contribution in [0.2, 0.25) is 5.02 Å². The standard InChI is InChI=1S/C16H16ClNO2/c1-11-5-3-4-6-14(11)18-16(19)10-20-15-9-13(17)8-7-12(15)2/h3-9H,10H2,1-2H3,(H,18,19). The molecule has 0 aromatic heterocycles. The van der Waals surface area contributed by atoms with Gasteiger partial charge in [0.2, 0.25) is 0 Å². The van der Waals surface area contributed by atoms with Gasteiger partial charge in [0.05, 0.1) is 0 Å². The summed E-state index contributed by atoms with van der Waals surface area (Å²) in [6, 6.07) is 13.0. The molecule has 0 saturated heterocycles. The predicted molar refractivity (Wildman–Crippen MR) is 81.5 cm³/mol. The SMILES string of the molecule is Cc1ccccc1NC(=O)COc1cc(Cl)ccc1C.